The van der Waals surface area contributed by atoms with Gasteiger partial charge in [0.2, 0.25) is 0 Å². The van der Waals surface area contributed by atoms with Gasteiger partial charge >= 0.3 is 12.1 Å². The second-order valence-electron chi connectivity index (χ2n) is 5.93. The Balaban J connectivity index is 1.99. The second kappa shape index (κ2) is 5.95. The Hall–Kier alpha value is -1.49. The molecule has 1 saturated carbocycles. The number of esters is 1. The van der Waals surface area contributed by atoms with E-state index in [2.05, 4.69) is 0 Å². The number of carbonyl (C=O) groups excluding carboxylic acids is 1. The average molecular weight is 333 g/mol. The molecule has 0 N–H and O–H groups in total. The van der Waals surface area contributed by atoms with E-state index in [0.29, 0.717) is 0 Å². The van der Waals surface area contributed by atoms with Gasteiger partial charge < -0.3 is 4.74 Å². The van der Waals surface area contributed by atoms with Crippen molar-refractivity contribution in [3.63, 3.8) is 0 Å². The molecule has 0 amide bonds. The van der Waals surface area contributed by atoms with Crippen molar-refractivity contribution in [3.8, 4) is 0 Å². The molecule has 2 unspecified atom stereocenters. The molecule has 2 nitrogen and oxygen atoms in total. The smallest absolute Gasteiger partial charge is 0.426 e. The zero-order valence-corrected chi connectivity index (χ0v) is 12.9. The lowest BCUT2D eigenvalue weighted by Crippen LogP contribution is -2.11. The number of carbonyl (C=O) groups is 1. The molecule has 0 aromatic heterocycles. The molecule has 22 heavy (non-hydrogen) atoms. The zero-order chi connectivity index (χ0) is 16.5. The van der Waals surface area contributed by atoms with Crippen LogP contribution >= 0.6 is 11.6 Å². The topological polar surface area (TPSA) is 26.3 Å². The van der Waals surface area contributed by atoms with Crippen LogP contribution in [0.3, 0.4) is 0 Å². The van der Waals surface area contributed by atoms with E-state index in [9.17, 15) is 18.0 Å². The summed E-state index contributed by atoms with van der Waals surface area (Å²) in [6.45, 7) is 3.56. The first-order valence-corrected chi connectivity index (χ1v) is 7.17. The largest absolute Gasteiger partial charge is 0.461 e. The molecule has 0 saturated heterocycles. The van der Waals surface area contributed by atoms with Crippen LogP contribution < -0.4 is 0 Å². The van der Waals surface area contributed by atoms with Crippen LogP contribution in [0.15, 0.2) is 41.4 Å². The summed E-state index contributed by atoms with van der Waals surface area (Å²) in [5, 5.41) is -1.19. The Morgan fingerprint density at radius 3 is 2.45 bits per heavy atom. The van der Waals surface area contributed by atoms with Crippen molar-refractivity contribution in [2.45, 2.75) is 26.6 Å². The maximum absolute atomic E-state index is 12.5. The third-order valence-electron chi connectivity index (χ3n) is 3.99. The first-order valence-electron chi connectivity index (χ1n) is 6.79. The lowest BCUT2D eigenvalue weighted by molar-refractivity contribution is -0.147. The van der Waals surface area contributed by atoms with Crippen molar-refractivity contribution in [1.82, 2.24) is 0 Å². The number of allylic oxidation sites excluding steroid dienone is 2. The van der Waals surface area contributed by atoms with Gasteiger partial charge in [-0.15, -0.1) is 0 Å². The molecular weight excluding hydrogens is 317 g/mol. The molecule has 1 aromatic carbocycles. The first-order chi connectivity index (χ1) is 10.1. The van der Waals surface area contributed by atoms with Gasteiger partial charge in [-0.2, -0.15) is 13.2 Å². The summed E-state index contributed by atoms with van der Waals surface area (Å²) in [7, 11) is 0. The van der Waals surface area contributed by atoms with Gasteiger partial charge in [0, 0.05) is 0 Å². The van der Waals surface area contributed by atoms with Crippen molar-refractivity contribution in [2.24, 2.45) is 17.3 Å². The van der Waals surface area contributed by atoms with E-state index in [4.69, 9.17) is 16.3 Å². The van der Waals surface area contributed by atoms with Crippen LogP contribution in [0.4, 0.5) is 13.2 Å². The maximum atomic E-state index is 12.5. The van der Waals surface area contributed by atoms with E-state index in [-0.39, 0.29) is 6.61 Å². The highest BCUT2D eigenvalue weighted by molar-refractivity contribution is 6.30. The van der Waals surface area contributed by atoms with Crippen molar-refractivity contribution >= 4 is 17.6 Å². The number of hydrogen-bond acceptors (Lipinski definition) is 2. The standard InChI is InChI=1S/C16H16ClF3O2/c1-15(2)11(8-12(17)16(18,19)20)13(15)14(21)22-9-10-6-4-3-5-7-10/h3-8,11,13H,9H2,1-2H3. The molecule has 0 spiro atoms. The molecule has 2 atom stereocenters. The highest BCUT2D eigenvalue weighted by Gasteiger charge is 2.62. The summed E-state index contributed by atoms with van der Waals surface area (Å²) < 4.78 is 42.6. The molecule has 0 bridgehead atoms. The van der Waals surface area contributed by atoms with E-state index in [1.165, 1.54) is 0 Å². The predicted molar refractivity (Wildman–Crippen MR) is 77.0 cm³/mol. The molecule has 0 aliphatic heterocycles. The van der Waals surface area contributed by atoms with Gasteiger partial charge in [-0.3, -0.25) is 4.79 Å². The van der Waals surface area contributed by atoms with Crippen LogP contribution in [0.1, 0.15) is 19.4 Å². The third-order valence-corrected chi connectivity index (χ3v) is 4.33. The SMILES string of the molecule is CC1(C)C(C=C(Cl)C(F)(F)F)C1C(=O)OCc1ccccc1. The number of rotatable bonds is 4. The van der Waals surface area contributed by atoms with Crippen LogP contribution in [-0.4, -0.2) is 12.1 Å². The van der Waals surface area contributed by atoms with Gasteiger partial charge in [-0.1, -0.05) is 61.9 Å². The minimum Gasteiger partial charge on any atom is -0.461 e. The number of halogens is 4. The number of benzene rings is 1. The summed E-state index contributed by atoms with van der Waals surface area (Å²) in [5.41, 5.74) is 0.244. The minimum absolute atomic E-state index is 0.107. The van der Waals surface area contributed by atoms with Crippen LogP contribution in [0.5, 0.6) is 0 Å². The van der Waals surface area contributed by atoms with Crippen LogP contribution in [-0.2, 0) is 16.1 Å². The molecule has 2 rings (SSSR count). The second-order valence-corrected chi connectivity index (χ2v) is 6.34. The molecule has 1 aromatic rings. The Kier molecular flexibility index (Phi) is 4.57. The Morgan fingerprint density at radius 1 is 1.32 bits per heavy atom. The van der Waals surface area contributed by atoms with E-state index in [0.717, 1.165) is 11.6 Å². The summed E-state index contributed by atoms with van der Waals surface area (Å²) in [4.78, 5) is 12.1. The Morgan fingerprint density at radius 2 is 1.91 bits per heavy atom. The van der Waals surface area contributed by atoms with E-state index >= 15 is 0 Å². The van der Waals surface area contributed by atoms with Crippen molar-refractivity contribution < 1.29 is 22.7 Å². The zero-order valence-electron chi connectivity index (χ0n) is 12.2. The number of alkyl halides is 3. The Bertz CT molecular complexity index is 579. The monoisotopic (exact) mass is 332 g/mol. The van der Waals surface area contributed by atoms with Crippen LogP contribution in [0.25, 0.3) is 0 Å². The molecular formula is C16H16ClF3O2. The number of ether oxygens (including phenoxy) is 1. The molecule has 1 aliphatic carbocycles. The lowest BCUT2D eigenvalue weighted by atomic mass is 10.1. The van der Waals surface area contributed by atoms with Gasteiger partial charge in [-0.25, -0.2) is 0 Å². The summed E-state index contributed by atoms with van der Waals surface area (Å²) >= 11 is 5.25. The fourth-order valence-electron chi connectivity index (χ4n) is 2.51. The molecule has 120 valence electrons. The summed E-state index contributed by atoms with van der Waals surface area (Å²) in [5.74, 6) is -1.67. The van der Waals surface area contributed by atoms with Gasteiger partial charge in [-0.05, 0) is 16.9 Å². The highest BCUT2D eigenvalue weighted by atomic mass is 35.5. The Labute approximate surface area is 131 Å². The van der Waals surface area contributed by atoms with Crippen LogP contribution in [0.2, 0.25) is 0 Å². The highest BCUT2D eigenvalue weighted by Crippen LogP contribution is 2.60. The van der Waals surface area contributed by atoms with Crippen molar-refractivity contribution in [2.75, 3.05) is 0 Å². The predicted octanol–water partition coefficient (Wildman–Crippen LogP) is 4.69. The lowest BCUT2D eigenvalue weighted by Gasteiger charge is -2.05. The van der Waals surface area contributed by atoms with E-state index in [1.807, 2.05) is 30.3 Å². The minimum atomic E-state index is -4.58. The van der Waals surface area contributed by atoms with E-state index in [1.54, 1.807) is 13.8 Å². The van der Waals surface area contributed by atoms with Gasteiger partial charge in [0.1, 0.15) is 11.6 Å². The number of hydrogen-bond donors (Lipinski definition) is 0. The molecule has 6 heteroatoms. The average Bonchev–Trinajstić information content (AvgIpc) is 2.97. The normalized spacial score (nSPS) is 24.0. The van der Waals surface area contributed by atoms with Gasteiger partial charge in [0.25, 0.3) is 0 Å². The van der Waals surface area contributed by atoms with Crippen molar-refractivity contribution in [1.29, 1.82) is 0 Å². The molecule has 0 heterocycles. The first kappa shape index (κ1) is 16.9. The van der Waals surface area contributed by atoms with E-state index < -0.39 is 34.4 Å². The molecule has 1 aliphatic rings. The van der Waals surface area contributed by atoms with Gasteiger partial charge in [0.15, 0.2) is 0 Å². The van der Waals surface area contributed by atoms with Crippen LogP contribution in [0, 0.1) is 17.3 Å². The van der Waals surface area contributed by atoms with Crippen molar-refractivity contribution in [3.05, 3.63) is 47.0 Å². The van der Waals surface area contributed by atoms with Gasteiger partial charge in [0.05, 0.1) is 5.92 Å². The third kappa shape index (κ3) is 3.64. The molecule has 1 fully saturated rings. The quantitative estimate of drug-likeness (QED) is 0.748. The fourth-order valence-corrected chi connectivity index (χ4v) is 2.65. The maximum Gasteiger partial charge on any atom is 0.426 e. The summed E-state index contributed by atoms with van der Waals surface area (Å²) in [6.07, 6.45) is -3.67. The summed E-state index contributed by atoms with van der Waals surface area (Å²) in [6, 6.07) is 9.10. The molecule has 0 radical (unpaired) electrons. The fraction of sp³-hybridized carbons (Fsp3) is 0.438.